The SMILES string of the molecule is CCOC(=O)CC(O)CC(O)C=Cc1c(C2CC2)nc2ccccc2c1-c1ccc(F)cc1. The summed E-state index contributed by atoms with van der Waals surface area (Å²) < 4.78 is 18.5. The second kappa shape index (κ2) is 10.2. The van der Waals surface area contributed by atoms with Crippen LogP contribution in [0.4, 0.5) is 4.39 Å². The maximum absolute atomic E-state index is 13.6. The molecule has 2 atom stereocenters. The molecule has 0 radical (unpaired) electrons. The lowest BCUT2D eigenvalue weighted by molar-refractivity contribution is -0.145. The van der Waals surface area contributed by atoms with E-state index in [9.17, 15) is 19.4 Å². The van der Waals surface area contributed by atoms with Crippen LogP contribution in [0.25, 0.3) is 28.1 Å². The van der Waals surface area contributed by atoms with Crippen molar-refractivity contribution in [1.29, 1.82) is 0 Å². The number of pyridine rings is 1. The number of ether oxygens (including phenoxy) is 1. The van der Waals surface area contributed by atoms with Crippen molar-refractivity contribution in [2.45, 2.75) is 50.7 Å². The van der Waals surface area contributed by atoms with Gasteiger partial charge < -0.3 is 14.9 Å². The summed E-state index contributed by atoms with van der Waals surface area (Å²) in [6.07, 6.45) is 3.47. The Balaban J connectivity index is 1.70. The molecule has 6 heteroatoms. The zero-order valence-electron chi connectivity index (χ0n) is 18.6. The van der Waals surface area contributed by atoms with Crippen molar-refractivity contribution in [2.24, 2.45) is 0 Å². The van der Waals surface area contributed by atoms with Crippen LogP contribution in [-0.4, -0.2) is 40.0 Å². The van der Waals surface area contributed by atoms with Crippen LogP contribution < -0.4 is 0 Å². The topological polar surface area (TPSA) is 79.7 Å². The molecule has 0 amide bonds. The number of esters is 1. The molecule has 0 aliphatic heterocycles. The van der Waals surface area contributed by atoms with E-state index in [1.807, 2.05) is 30.3 Å². The molecular formula is C27H28FNO4. The number of fused-ring (bicyclic) bond motifs is 1. The molecule has 2 N–H and O–H groups in total. The van der Waals surface area contributed by atoms with E-state index in [1.54, 1.807) is 25.1 Å². The van der Waals surface area contributed by atoms with E-state index in [4.69, 9.17) is 9.72 Å². The third-order valence-electron chi connectivity index (χ3n) is 5.76. The highest BCUT2D eigenvalue weighted by atomic mass is 19.1. The highest BCUT2D eigenvalue weighted by Gasteiger charge is 2.29. The quantitative estimate of drug-likeness (QED) is 0.450. The van der Waals surface area contributed by atoms with E-state index in [1.165, 1.54) is 12.1 Å². The first kappa shape index (κ1) is 23.1. The molecule has 1 fully saturated rings. The third-order valence-corrected chi connectivity index (χ3v) is 5.76. The van der Waals surface area contributed by atoms with E-state index < -0.39 is 18.2 Å². The number of benzene rings is 2. The summed E-state index contributed by atoms with van der Waals surface area (Å²) in [7, 11) is 0. The summed E-state index contributed by atoms with van der Waals surface area (Å²) in [5, 5.41) is 21.6. The number of nitrogens with zero attached hydrogens (tertiary/aromatic N) is 1. The molecule has 0 bridgehead atoms. The normalized spacial score (nSPS) is 15.6. The average molecular weight is 450 g/mol. The van der Waals surface area contributed by atoms with Crippen LogP contribution in [0, 0.1) is 5.82 Å². The number of carbonyl (C=O) groups is 1. The minimum Gasteiger partial charge on any atom is -0.466 e. The van der Waals surface area contributed by atoms with Crippen LogP contribution in [0.3, 0.4) is 0 Å². The Morgan fingerprint density at radius 1 is 1.18 bits per heavy atom. The number of hydrogen-bond donors (Lipinski definition) is 2. The van der Waals surface area contributed by atoms with E-state index in [2.05, 4.69) is 0 Å². The molecule has 2 unspecified atom stereocenters. The number of carbonyl (C=O) groups excluding carboxylic acids is 1. The van der Waals surface area contributed by atoms with Gasteiger partial charge in [-0.05, 0) is 43.5 Å². The third kappa shape index (κ3) is 5.64. The fraction of sp³-hybridized carbons (Fsp3) is 0.333. The number of aliphatic hydroxyl groups excluding tert-OH is 2. The van der Waals surface area contributed by atoms with Crippen LogP contribution in [-0.2, 0) is 9.53 Å². The number of para-hydroxylation sites is 1. The molecule has 4 rings (SSSR count). The largest absolute Gasteiger partial charge is 0.466 e. The standard InChI is InChI=1S/C27H28FNO4/c1-2-33-25(32)16-21(31)15-20(30)13-14-23-26(17-9-11-19(28)12-10-17)22-5-3-4-6-24(22)29-27(23)18-7-8-18/h3-6,9-14,18,20-21,30-31H,2,7-8,15-16H2,1H3. The van der Waals surface area contributed by atoms with Crippen molar-refractivity contribution in [2.75, 3.05) is 6.61 Å². The lowest BCUT2D eigenvalue weighted by atomic mass is 9.92. The lowest BCUT2D eigenvalue weighted by Crippen LogP contribution is -2.20. The van der Waals surface area contributed by atoms with Gasteiger partial charge in [0.25, 0.3) is 0 Å². The lowest BCUT2D eigenvalue weighted by Gasteiger charge is -2.16. The summed E-state index contributed by atoms with van der Waals surface area (Å²) in [4.78, 5) is 16.5. The second-order valence-electron chi connectivity index (χ2n) is 8.41. The fourth-order valence-corrected chi connectivity index (χ4v) is 4.07. The molecular weight excluding hydrogens is 421 g/mol. The Hall–Kier alpha value is -3.09. The Kier molecular flexibility index (Phi) is 7.16. The number of aromatic nitrogens is 1. The Bertz CT molecular complexity index is 1150. The molecule has 1 aliphatic carbocycles. The van der Waals surface area contributed by atoms with Crippen LogP contribution in [0.15, 0.2) is 54.6 Å². The monoisotopic (exact) mass is 449 g/mol. The fourth-order valence-electron chi connectivity index (χ4n) is 4.07. The van der Waals surface area contributed by atoms with Crippen LogP contribution in [0.1, 0.15) is 49.8 Å². The smallest absolute Gasteiger partial charge is 0.308 e. The first-order chi connectivity index (χ1) is 16.0. The molecule has 1 heterocycles. The van der Waals surface area contributed by atoms with Crippen LogP contribution in [0.2, 0.25) is 0 Å². The van der Waals surface area contributed by atoms with Gasteiger partial charge in [0.05, 0.1) is 36.4 Å². The van der Waals surface area contributed by atoms with Crippen molar-refractivity contribution in [3.05, 3.63) is 71.7 Å². The Morgan fingerprint density at radius 2 is 1.91 bits per heavy atom. The average Bonchev–Trinajstić information content (AvgIpc) is 3.63. The van der Waals surface area contributed by atoms with E-state index >= 15 is 0 Å². The van der Waals surface area contributed by atoms with Gasteiger partial charge in [0.15, 0.2) is 0 Å². The molecule has 172 valence electrons. The minimum absolute atomic E-state index is 0.0148. The second-order valence-corrected chi connectivity index (χ2v) is 8.41. The molecule has 0 saturated heterocycles. The highest BCUT2D eigenvalue weighted by molar-refractivity contribution is 5.99. The van der Waals surface area contributed by atoms with Crippen molar-refractivity contribution in [1.82, 2.24) is 4.98 Å². The summed E-state index contributed by atoms with van der Waals surface area (Å²) in [5.74, 6) is -0.447. The zero-order chi connectivity index (χ0) is 23.4. The molecule has 5 nitrogen and oxygen atoms in total. The molecule has 1 aliphatic rings. The number of aliphatic hydroxyl groups is 2. The molecule has 33 heavy (non-hydrogen) atoms. The van der Waals surface area contributed by atoms with E-state index in [-0.39, 0.29) is 25.3 Å². The maximum Gasteiger partial charge on any atom is 0.308 e. The summed E-state index contributed by atoms with van der Waals surface area (Å²) in [6, 6.07) is 14.3. The molecule has 3 aromatic rings. The highest BCUT2D eigenvalue weighted by Crippen LogP contribution is 2.45. The van der Waals surface area contributed by atoms with Gasteiger partial charge in [-0.1, -0.05) is 42.5 Å². The van der Waals surface area contributed by atoms with E-state index in [0.717, 1.165) is 46.1 Å². The molecule has 0 spiro atoms. The van der Waals surface area contributed by atoms with E-state index in [0.29, 0.717) is 5.92 Å². The van der Waals surface area contributed by atoms with Crippen molar-refractivity contribution in [3.63, 3.8) is 0 Å². The zero-order valence-corrected chi connectivity index (χ0v) is 18.6. The van der Waals surface area contributed by atoms with Gasteiger partial charge >= 0.3 is 5.97 Å². The number of halogens is 1. The van der Waals surface area contributed by atoms with Crippen molar-refractivity contribution < 1.29 is 24.1 Å². The van der Waals surface area contributed by atoms with Gasteiger partial charge in [-0.15, -0.1) is 0 Å². The minimum atomic E-state index is -1.00. The predicted molar refractivity (Wildman–Crippen MR) is 126 cm³/mol. The van der Waals surface area contributed by atoms with Gasteiger partial charge in [-0.3, -0.25) is 9.78 Å². The maximum atomic E-state index is 13.6. The first-order valence-electron chi connectivity index (χ1n) is 11.3. The van der Waals surface area contributed by atoms with Gasteiger partial charge in [-0.25, -0.2) is 4.39 Å². The van der Waals surface area contributed by atoms with Gasteiger partial charge in [-0.2, -0.15) is 0 Å². The van der Waals surface area contributed by atoms with Gasteiger partial charge in [0.1, 0.15) is 5.82 Å². The first-order valence-corrected chi connectivity index (χ1v) is 11.3. The molecule has 1 saturated carbocycles. The molecule has 2 aromatic carbocycles. The van der Waals surface area contributed by atoms with Gasteiger partial charge in [0, 0.05) is 28.9 Å². The van der Waals surface area contributed by atoms with Gasteiger partial charge in [0.2, 0.25) is 0 Å². The Morgan fingerprint density at radius 3 is 2.61 bits per heavy atom. The predicted octanol–water partition coefficient (Wildman–Crippen LogP) is 5.00. The van der Waals surface area contributed by atoms with Crippen molar-refractivity contribution in [3.8, 4) is 11.1 Å². The summed E-state index contributed by atoms with van der Waals surface area (Å²) >= 11 is 0. The van der Waals surface area contributed by atoms with Crippen molar-refractivity contribution >= 4 is 22.9 Å². The molecule has 1 aromatic heterocycles. The number of hydrogen-bond acceptors (Lipinski definition) is 5. The summed E-state index contributed by atoms with van der Waals surface area (Å²) in [5.41, 5.74) is 4.54. The van der Waals surface area contributed by atoms with Crippen LogP contribution >= 0.6 is 0 Å². The number of rotatable bonds is 9. The van der Waals surface area contributed by atoms with Crippen LogP contribution in [0.5, 0.6) is 0 Å². The summed E-state index contributed by atoms with van der Waals surface area (Å²) in [6.45, 7) is 1.95. The Labute approximate surface area is 192 Å².